The van der Waals surface area contributed by atoms with Crippen molar-refractivity contribution in [1.82, 2.24) is 4.57 Å². The fourth-order valence-corrected chi connectivity index (χ4v) is 3.08. The molecule has 0 saturated heterocycles. The first-order valence-corrected chi connectivity index (χ1v) is 7.76. The third-order valence-electron chi connectivity index (χ3n) is 4.19. The van der Waals surface area contributed by atoms with Crippen LogP contribution in [0.3, 0.4) is 0 Å². The van der Waals surface area contributed by atoms with E-state index in [1.165, 1.54) is 0 Å². The van der Waals surface area contributed by atoms with Crippen LogP contribution < -0.4 is 0 Å². The van der Waals surface area contributed by atoms with Crippen LogP contribution in [0.4, 0.5) is 0 Å². The van der Waals surface area contributed by atoms with Gasteiger partial charge in [-0.15, -0.1) is 0 Å². The topological polar surface area (TPSA) is 46.8 Å². The highest BCUT2D eigenvalue weighted by molar-refractivity contribution is 6.30. The molecule has 23 heavy (non-hydrogen) atoms. The monoisotopic (exact) mass is 326 g/mol. The van der Waals surface area contributed by atoms with Crippen LogP contribution in [-0.4, -0.2) is 22.1 Å². The molecule has 0 radical (unpaired) electrons. The highest BCUT2D eigenvalue weighted by Gasteiger charge is 2.28. The number of aliphatic imine (C=N–C) groups is 1. The second kappa shape index (κ2) is 5.32. The van der Waals surface area contributed by atoms with Crippen molar-refractivity contribution in [2.75, 3.05) is 6.54 Å². The Hall–Kier alpha value is -2.46. The molecule has 3 aromatic rings. The summed E-state index contributed by atoms with van der Waals surface area (Å²) in [5.74, 6) is 0.654. The smallest absolute Gasteiger partial charge is 0.223 e. The summed E-state index contributed by atoms with van der Waals surface area (Å²) in [6, 6.07) is 15.4. The van der Waals surface area contributed by atoms with Crippen molar-refractivity contribution in [1.29, 1.82) is 0 Å². The molecule has 0 fully saturated rings. The molecule has 0 saturated carbocycles. The average Bonchev–Trinajstić information content (AvgIpc) is 3.13. The zero-order valence-electron chi connectivity index (χ0n) is 12.5. The first kappa shape index (κ1) is 14.2. The Morgan fingerprint density at radius 3 is 2.70 bits per heavy atom. The van der Waals surface area contributed by atoms with E-state index < -0.39 is 0 Å². The largest absolute Gasteiger partial charge is 0.494 e. The van der Waals surface area contributed by atoms with Crippen LogP contribution in [0.2, 0.25) is 5.02 Å². The Labute approximate surface area is 138 Å². The number of benzene rings is 2. The summed E-state index contributed by atoms with van der Waals surface area (Å²) < 4.78 is 7.75. The number of para-hydroxylation sites is 1. The van der Waals surface area contributed by atoms with E-state index in [-0.39, 0.29) is 12.0 Å². The summed E-state index contributed by atoms with van der Waals surface area (Å²) in [4.78, 5) is 4.50. The van der Waals surface area contributed by atoms with Crippen molar-refractivity contribution in [3.05, 3.63) is 64.7 Å². The number of halogens is 1. The minimum atomic E-state index is -0.152. The number of aromatic hydroxyl groups is 1. The Morgan fingerprint density at radius 1 is 1.17 bits per heavy atom. The first-order chi connectivity index (χ1) is 11.1. The molecule has 1 aliphatic heterocycles. The third kappa shape index (κ3) is 2.26. The number of rotatable bonds is 2. The second-order valence-corrected chi connectivity index (χ2v) is 6.02. The Balaban J connectivity index is 1.71. The summed E-state index contributed by atoms with van der Waals surface area (Å²) in [6.07, 6.45) is -0.152. The maximum absolute atomic E-state index is 10.5. The molecule has 1 atom stereocenters. The van der Waals surface area contributed by atoms with Crippen molar-refractivity contribution in [3.8, 4) is 5.88 Å². The molecule has 0 spiro atoms. The van der Waals surface area contributed by atoms with E-state index in [9.17, 15) is 5.11 Å². The molecule has 0 bridgehead atoms. The van der Waals surface area contributed by atoms with Gasteiger partial charge in [0.15, 0.2) is 0 Å². The molecule has 2 heterocycles. The van der Waals surface area contributed by atoms with Crippen LogP contribution in [-0.2, 0) is 11.8 Å². The molecule has 4 nitrogen and oxygen atoms in total. The molecule has 116 valence electrons. The lowest BCUT2D eigenvalue weighted by Crippen LogP contribution is -2.06. The molecule has 5 heteroatoms. The average molecular weight is 327 g/mol. The Kier molecular flexibility index (Phi) is 3.27. The summed E-state index contributed by atoms with van der Waals surface area (Å²) in [6.45, 7) is 0.527. The Morgan fingerprint density at radius 2 is 1.91 bits per heavy atom. The van der Waals surface area contributed by atoms with Gasteiger partial charge in [0.25, 0.3) is 0 Å². The highest BCUT2D eigenvalue weighted by Crippen LogP contribution is 2.35. The lowest BCUT2D eigenvalue weighted by Gasteiger charge is -2.11. The van der Waals surface area contributed by atoms with E-state index in [4.69, 9.17) is 16.3 Å². The van der Waals surface area contributed by atoms with Crippen LogP contribution in [0.5, 0.6) is 5.88 Å². The number of aromatic nitrogens is 1. The summed E-state index contributed by atoms with van der Waals surface area (Å²) in [7, 11) is 1.83. The van der Waals surface area contributed by atoms with Crippen LogP contribution in [0.15, 0.2) is 53.5 Å². The van der Waals surface area contributed by atoms with E-state index in [1.54, 1.807) is 4.57 Å². The minimum Gasteiger partial charge on any atom is -0.494 e. The van der Waals surface area contributed by atoms with Crippen LogP contribution in [0, 0.1) is 0 Å². The molecule has 0 aliphatic carbocycles. The van der Waals surface area contributed by atoms with Gasteiger partial charge in [0.2, 0.25) is 11.8 Å². The number of hydrogen-bond acceptors (Lipinski definition) is 3. The summed E-state index contributed by atoms with van der Waals surface area (Å²) in [5.41, 5.74) is 2.62. The fraction of sp³-hybridized carbons (Fsp3) is 0.167. The van der Waals surface area contributed by atoms with Crippen molar-refractivity contribution in [3.63, 3.8) is 0 Å². The molecule has 1 aliphatic rings. The molecule has 4 rings (SSSR count). The van der Waals surface area contributed by atoms with Gasteiger partial charge in [0, 0.05) is 17.5 Å². The van der Waals surface area contributed by atoms with E-state index in [0.29, 0.717) is 23.0 Å². The predicted molar refractivity (Wildman–Crippen MR) is 91.3 cm³/mol. The maximum Gasteiger partial charge on any atom is 0.223 e. The second-order valence-electron chi connectivity index (χ2n) is 5.58. The molecule has 2 aromatic carbocycles. The van der Waals surface area contributed by atoms with Gasteiger partial charge >= 0.3 is 0 Å². The number of hydrogen-bond donors (Lipinski definition) is 1. The number of aryl methyl sites for hydroxylation is 1. The molecule has 0 amide bonds. The molecule has 1 unspecified atom stereocenters. The fourth-order valence-electron chi connectivity index (χ4n) is 2.95. The Bertz CT molecular complexity index is 913. The molecular weight excluding hydrogens is 312 g/mol. The van der Waals surface area contributed by atoms with E-state index >= 15 is 0 Å². The van der Waals surface area contributed by atoms with Gasteiger partial charge in [0.05, 0.1) is 12.1 Å². The number of nitrogens with zero attached hydrogens (tertiary/aromatic N) is 2. The van der Waals surface area contributed by atoms with Crippen molar-refractivity contribution in [2.45, 2.75) is 6.10 Å². The van der Waals surface area contributed by atoms with Crippen LogP contribution >= 0.6 is 11.6 Å². The van der Waals surface area contributed by atoms with Crippen LogP contribution in [0.25, 0.3) is 10.9 Å². The minimum absolute atomic E-state index is 0.152. The zero-order chi connectivity index (χ0) is 16.0. The van der Waals surface area contributed by atoms with E-state index in [0.717, 1.165) is 16.5 Å². The third-order valence-corrected chi connectivity index (χ3v) is 4.44. The highest BCUT2D eigenvalue weighted by atomic mass is 35.5. The molecular formula is C18H15ClN2O2. The first-order valence-electron chi connectivity index (χ1n) is 7.38. The maximum atomic E-state index is 10.5. The normalized spacial score (nSPS) is 17.3. The molecule has 1 N–H and O–H groups in total. The van der Waals surface area contributed by atoms with Gasteiger partial charge in [-0.3, -0.25) is 0 Å². The zero-order valence-corrected chi connectivity index (χ0v) is 13.3. The quantitative estimate of drug-likeness (QED) is 0.772. The van der Waals surface area contributed by atoms with Crippen molar-refractivity contribution in [2.24, 2.45) is 12.0 Å². The van der Waals surface area contributed by atoms with Gasteiger partial charge in [-0.2, -0.15) is 0 Å². The van der Waals surface area contributed by atoms with Gasteiger partial charge < -0.3 is 14.4 Å². The number of fused-ring (bicyclic) bond motifs is 1. The van der Waals surface area contributed by atoms with Crippen molar-refractivity contribution >= 4 is 28.4 Å². The van der Waals surface area contributed by atoms with Crippen LogP contribution in [0.1, 0.15) is 17.2 Å². The van der Waals surface area contributed by atoms with Gasteiger partial charge in [0.1, 0.15) is 11.7 Å². The summed E-state index contributed by atoms with van der Waals surface area (Å²) in [5, 5.41) is 12.1. The predicted octanol–water partition coefficient (Wildman–Crippen LogP) is 4.06. The van der Waals surface area contributed by atoms with E-state index in [1.807, 2.05) is 55.6 Å². The van der Waals surface area contributed by atoms with Crippen molar-refractivity contribution < 1.29 is 9.84 Å². The SMILES string of the molecule is Cn1c(O)c(C2=NCC(c3ccc(Cl)cc3)O2)c2ccccc21. The lowest BCUT2D eigenvalue weighted by atomic mass is 10.1. The van der Waals surface area contributed by atoms with Gasteiger partial charge in [-0.25, -0.2) is 4.99 Å². The standard InChI is InChI=1S/C18H15ClN2O2/c1-21-14-5-3-2-4-13(14)16(18(21)22)17-20-10-15(23-17)11-6-8-12(19)9-7-11/h2-9,15,22H,10H2,1H3. The van der Waals surface area contributed by atoms with Gasteiger partial charge in [-0.05, 0) is 23.8 Å². The number of ether oxygens (including phenoxy) is 1. The van der Waals surface area contributed by atoms with E-state index in [2.05, 4.69) is 4.99 Å². The van der Waals surface area contributed by atoms with Gasteiger partial charge in [-0.1, -0.05) is 41.9 Å². The summed E-state index contributed by atoms with van der Waals surface area (Å²) >= 11 is 5.93. The lowest BCUT2D eigenvalue weighted by molar-refractivity contribution is 0.230. The molecule has 1 aromatic heterocycles.